The molecule has 0 aliphatic carbocycles. The maximum absolute atomic E-state index is 12.8. The highest BCUT2D eigenvalue weighted by Gasteiger charge is 2.24. The molecule has 2 rings (SSSR count). The molecule has 0 atom stereocenters. The fraction of sp³-hybridized carbons (Fsp3) is 0.562. The van der Waals surface area contributed by atoms with E-state index < -0.39 is 0 Å². The van der Waals surface area contributed by atoms with Crippen LogP contribution in [0.1, 0.15) is 37.0 Å². The first-order valence-electron chi connectivity index (χ1n) is 7.36. The fourth-order valence-electron chi connectivity index (χ4n) is 2.66. The van der Waals surface area contributed by atoms with Crippen molar-refractivity contribution in [1.82, 2.24) is 10.2 Å². The first-order chi connectivity index (χ1) is 9.59. The van der Waals surface area contributed by atoms with Gasteiger partial charge in [0.15, 0.2) is 0 Å². The molecule has 1 amide bonds. The molecule has 4 heteroatoms. The maximum Gasteiger partial charge on any atom is 0.255 e. The van der Waals surface area contributed by atoms with Crippen molar-refractivity contribution in [2.75, 3.05) is 19.6 Å². The number of rotatable bonds is 4. The van der Waals surface area contributed by atoms with E-state index in [0.29, 0.717) is 5.92 Å². The van der Waals surface area contributed by atoms with Gasteiger partial charge in [-0.1, -0.05) is 12.1 Å². The van der Waals surface area contributed by atoms with Crippen molar-refractivity contribution in [3.8, 4) is 0 Å². The minimum absolute atomic E-state index is 0.170. The van der Waals surface area contributed by atoms with Gasteiger partial charge in [0.1, 0.15) is 0 Å². The third-order valence-corrected chi connectivity index (χ3v) is 4.84. The zero-order chi connectivity index (χ0) is 14.5. The largest absolute Gasteiger partial charge is 0.336 e. The van der Waals surface area contributed by atoms with Crippen LogP contribution in [0.2, 0.25) is 0 Å². The Kier molecular flexibility index (Phi) is 5.84. The van der Waals surface area contributed by atoms with E-state index >= 15 is 0 Å². The third-order valence-electron chi connectivity index (χ3n) is 3.90. The smallest absolute Gasteiger partial charge is 0.255 e. The Morgan fingerprint density at radius 1 is 1.35 bits per heavy atom. The van der Waals surface area contributed by atoms with Gasteiger partial charge in [0.25, 0.3) is 5.91 Å². The Bertz CT molecular complexity index is 456. The van der Waals surface area contributed by atoms with Crippen LogP contribution in [-0.4, -0.2) is 36.5 Å². The minimum Gasteiger partial charge on any atom is -0.336 e. The molecular weight excluding hydrogens is 363 g/mol. The molecule has 0 bridgehead atoms. The average molecular weight is 386 g/mol. The van der Waals surface area contributed by atoms with Crippen molar-refractivity contribution in [1.29, 1.82) is 0 Å². The van der Waals surface area contributed by atoms with Crippen LogP contribution in [0.25, 0.3) is 0 Å². The Labute approximate surface area is 135 Å². The van der Waals surface area contributed by atoms with Gasteiger partial charge >= 0.3 is 0 Å². The molecule has 0 radical (unpaired) electrons. The van der Waals surface area contributed by atoms with Crippen molar-refractivity contribution in [2.24, 2.45) is 5.92 Å². The van der Waals surface area contributed by atoms with Gasteiger partial charge in [0.2, 0.25) is 0 Å². The lowest BCUT2D eigenvalue weighted by Gasteiger charge is -2.33. The van der Waals surface area contributed by atoms with E-state index in [1.807, 2.05) is 29.2 Å². The summed E-state index contributed by atoms with van der Waals surface area (Å²) in [6.07, 6.45) is 2.34. The summed E-state index contributed by atoms with van der Waals surface area (Å²) in [7, 11) is 0. The highest BCUT2D eigenvalue weighted by atomic mass is 127. The van der Waals surface area contributed by atoms with Crippen molar-refractivity contribution in [2.45, 2.75) is 32.7 Å². The van der Waals surface area contributed by atoms with E-state index in [2.05, 4.69) is 41.8 Å². The Balaban J connectivity index is 2.11. The van der Waals surface area contributed by atoms with Crippen LogP contribution in [0.5, 0.6) is 0 Å². The number of halogens is 1. The van der Waals surface area contributed by atoms with E-state index in [9.17, 15) is 4.79 Å². The maximum atomic E-state index is 12.8. The number of hydrogen-bond acceptors (Lipinski definition) is 2. The summed E-state index contributed by atoms with van der Waals surface area (Å²) in [5.74, 6) is 0.799. The summed E-state index contributed by atoms with van der Waals surface area (Å²) < 4.78 is 1.03. The van der Waals surface area contributed by atoms with E-state index in [4.69, 9.17) is 0 Å². The van der Waals surface area contributed by atoms with E-state index in [1.54, 1.807) is 0 Å². The molecule has 20 heavy (non-hydrogen) atoms. The fourth-order valence-corrected chi connectivity index (χ4v) is 3.28. The molecule has 3 nitrogen and oxygen atoms in total. The molecule has 1 fully saturated rings. The molecule has 0 spiro atoms. The molecule has 1 aromatic carbocycles. The van der Waals surface area contributed by atoms with E-state index in [-0.39, 0.29) is 11.9 Å². The van der Waals surface area contributed by atoms with Crippen LogP contribution in [0.15, 0.2) is 24.3 Å². The van der Waals surface area contributed by atoms with Crippen LogP contribution >= 0.6 is 22.6 Å². The van der Waals surface area contributed by atoms with Crippen molar-refractivity contribution < 1.29 is 4.79 Å². The third kappa shape index (κ3) is 3.95. The number of carbonyl (C=O) groups excluding carboxylic acids is 1. The first kappa shape index (κ1) is 15.8. The standard InChI is InChI=1S/C16H23IN2O/c1-12(2)19(11-13-7-9-18-10-8-13)16(20)14-5-3-4-6-15(14)17/h3-6,12-13,18H,7-11H2,1-2H3. The molecule has 1 saturated heterocycles. The minimum atomic E-state index is 0.170. The zero-order valence-electron chi connectivity index (χ0n) is 12.2. The normalized spacial score (nSPS) is 16.4. The van der Waals surface area contributed by atoms with E-state index in [0.717, 1.165) is 28.8 Å². The van der Waals surface area contributed by atoms with Gasteiger partial charge in [-0.25, -0.2) is 0 Å². The van der Waals surface area contributed by atoms with Gasteiger partial charge in [-0.05, 0) is 80.4 Å². The lowest BCUT2D eigenvalue weighted by atomic mass is 9.96. The van der Waals surface area contributed by atoms with Crippen LogP contribution in [-0.2, 0) is 0 Å². The molecule has 0 aromatic heterocycles. The average Bonchev–Trinajstić information content (AvgIpc) is 2.45. The number of nitrogens with one attached hydrogen (secondary N) is 1. The van der Waals surface area contributed by atoms with Gasteiger partial charge in [-0.15, -0.1) is 0 Å². The zero-order valence-corrected chi connectivity index (χ0v) is 14.4. The second-order valence-corrected chi connectivity index (χ2v) is 6.89. The van der Waals surface area contributed by atoms with Crippen molar-refractivity contribution >= 4 is 28.5 Å². The summed E-state index contributed by atoms with van der Waals surface area (Å²) in [5, 5.41) is 3.38. The van der Waals surface area contributed by atoms with Gasteiger partial charge in [0.05, 0.1) is 5.56 Å². The Morgan fingerprint density at radius 2 is 2.00 bits per heavy atom. The van der Waals surface area contributed by atoms with Crippen LogP contribution in [0, 0.1) is 9.49 Å². The van der Waals surface area contributed by atoms with Crippen LogP contribution in [0.3, 0.4) is 0 Å². The summed E-state index contributed by atoms with van der Waals surface area (Å²) >= 11 is 2.25. The Hall–Kier alpha value is -0.620. The lowest BCUT2D eigenvalue weighted by Crippen LogP contribution is -2.43. The highest BCUT2D eigenvalue weighted by Crippen LogP contribution is 2.20. The number of carbonyl (C=O) groups is 1. The molecule has 1 aromatic rings. The molecule has 1 aliphatic heterocycles. The van der Waals surface area contributed by atoms with Crippen LogP contribution < -0.4 is 5.32 Å². The van der Waals surface area contributed by atoms with Gasteiger partial charge in [-0.2, -0.15) is 0 Å². The number of benzene rings is 1. The predicted octanol–water partition coefficient (Wildman–Crippen LogP) is 3.14. The van der Waals surface area contributed by atoms with Crippen LogP contribution in [0.4, 0.5) is 0 Å². The summed E-state index contributed by atoms with van der Waals surface area (Å²) in [6, 6.07) is 8.09. The number of hydrogen-bond donors (Lipinski definition) is 1. The molecular formula is C16H23IN2O. The van der Waals surface area contributed by atoms with Gasteiger partial charge in [-0.3, -0.25) is 4.79 Å². The second-order valence-electron chi connectivity index (χ2n) is 5.72. The van der Waals surface area contributed by atoms with E-state index in [1.165, 1.54) is 12.8 Å². The molecule has 1 heterocycles. The summed E-state index contributed by atoms with van der Waals surface area (Å²) in [5.41, 5.74) is 0.829. The monoisotopic (exact) mass is 386 g/mol. The number of amides is 1. The van der Waals surface area contributed by atoms with Gasteiger partial charge in [0, 0.05) is 16.2 Å². The number of nitrogens with zero attached hydrogens (tertiary/aromatic N) is 1. The van der Waals surface area contributed by atoms with Crippen molar-refractivity contribution in [3.63, 3.8) is 0 Å². The lowest BCUT2D eigenvalue weighted by molar-refractivity contribution is 0.0657. The Morgan fingerprint density at radius 3 is 2.60 bits per heavy atom. The van der Waals surface area contributed by atoms with Crippen molar-refractivity contribution in [3.05, 3.63) is 33.4 Å². The summed E-state index contributed by atoms with van der Waals surface area (Å²) in [6.45, 7) is 7.24. The molecule has 110 valence electrons. The molecule has 1 N–H and O–H groups in total. The summed E-state index contributed by atoms with van der Waals surface area (Å²) in [4.78, 5) is 14.8. The first-order valence-corrected chi connectivity index (χ1v) is 8.43. The SMILES string of the molecule is CC(C)N(CC1CCNCC1)C(=O)c1ccccc1I. The highest BCUT2D eigenvalue weighted by molar-refractivity contribution is 14.1. The topological polar surface area (TPSA) is 32.3 Å². The molecule has 0 unspecified atom stereocenters. The predicted molar refractivity (Wildman–Crippen MR) is 90.9 cm³/mol. The quantitative estimate of drug-likeness (QED) is 0.807. The second kappa shape index (κ2) is 7.41. The molecule has 0 saturated carbocycles. The number of piperidine rings is 1. The molecule has 1 aliphatic rings. The van der Waals surface area contributed by atoms with Gasteiger partial charge < -0.3 is 10.2 Å².